The molecular formula is C13H26O3. The maximum atomic E-state index is 8.57. The lowest BCUT2D eigenvalue weighted by molar-refractivity contribution is -0.123. The quantitative estimate of drug-likeness (QED) is 0.549. The van der Waals surface area contributed by atoms with Crippen LogP contribution in [0.4, 0.5) is 0 Å². The summed E-state index contributed by atoms with van der Waals surface area (Å²) in [5.41, 5.74) is 0. The van der Waals surface area contributed by atoms with Gasteiger partial charge in [-0.15, -0.1) is 0 Å². The van der Waals surface area contributed by atoms with Gasteiger partial charge in [-0.3, -0.25) is 0 Å². The molecule has 3 nitrogen and oxygen atoms in total. The molecule has 96 valence electrons. The van der Waals surface area contributed by atoms with Crippen LogP contribution in [0.2, 0.25) is 0 Å². The molecule has 0 aliphatic heterocycles. The van der Waals surface area contributed by atoms with Crippen molar-refractivity contribution in [1.82, 2.24) is 0 Å². The van der Waals surface area contributed by atoms with E-state index < -0.39 is 0 Å². The van der Waals surface area contributed by atoms with Crippen LogP contribution in [0.3, 0.4) is 0 Å². The summed E-state index contributed by atoms with van der Waals surface area (Å²) in [6, 6.07) is 0. The molecule has 0 aromatic heterocycles. The van der Waals surface area contributed by atoms with Gasteiger partial charge in [-0.1, -0.05) is 32.1 Å². The van der Waals surface area contributed by atoms with Crippen molar-refractivity contribution >= 4 is 5.94 Å². The van der Waals surface area contributed by atoms with Gasteiger partial charge < -0.3 is 9.47 Å². The van der Waals surface area contributed by atoms with Crippen molar-refractivity contribution in [3.05, 3.63) is 6.58 Å². The summed E-state index contributed by atoms with van der Waals surface area (Å²) in [6.45, 7) is 9.93. The molecule has 0 unspecified atom stereocenters. The SMILES string of the molecule is C1CCCC1.C=C=O.CCOC(C)OCC. The van der Waals surface area contributed by atoms with E-state index in [0.29, 0.717) is 0 Å². The maximum Gasteiger partial charge on any atom is 0.154 e. The highest BCUT2D eigenvalue weighted by molar-refractivity contribution is 5.38. The molecule has 0 N–H and O–H groups in total. The molecule has 0 aromatic rings. The molecule has 1 aliphatic carbocycles. The van der Waals surface area contributed by atoms with E-state index in [2.05, 4.69) is 6.58 Å². The van der Waals surface area contributed by atoms with Crippen LogP contribution in [0.1, 0.15) is 52.9 Å². The van der Waals surface area contributed by atoms with Gasteiger partial charge in [0.05, 0.1) is 0 Å². The average molecular weight is 230 g/mol. The first kappa shape index (κ1) is 17.8. The summed E-state index contributed by atoms with van der Waals surface area (Å²) in [6.07, 6.45) is 7.46. The molecular weight excluding hydrogens is 204 g/mol. The van der Waals surface area contributed by atoms with Crippen LogP contribution in [0.25, 0.3) is 0 Å². The highest BCUT2D eigenvalue weighted by Crippen LogP contribution is 2.15. The lowest BCUT2D eigenvalue weighted by Gasteiger charge is -2.09. The minimum Gasteiger partial charge on any atom is -0.353 e. The van der Waals surface area contributed by atoms with Crippen molar-refractivity contribution in [3.8, 4) is 0 Å². The average Bonchev–Trinajstić information content (AvgIpc) is 2.77. The normalized spacial score (nSPS) is 13.2. The molecule has 0 bridgehead atoms. The fourth-order valence-corrected chi connectivity index (χ4v) is 1.40. The molecule has 3 heteroatoms. The van der Waals surface area contributed by atoms with Crippen molar-refractivity contribution in [2.45, 2.75) is 59.2 Å². The lowest BCUT2D eigenvalue weighted by Crippen LogP contribution is -2.11. The minimum absolute atomic E-state index is 0.0370. The number of hydrogen-bond acceptors (Lipinski definition) is 3. The van der Waals surface area contributed by atoms with E-state index in [-0.39, 0.29) is 6.29 Å². The molecule has 0 heterocycles. The fraction of sp³-hybridized carbons (Fsp3) is 0.846. The van der Waals surface area contributed by atoms with Crippen molar-refractivity contribution in [2.24, 2.45) is 0 Å². The second-order valence-corrected chi connectivity index (χ2v) is 3.39. The van der Waals surface area contributed by atoms with Crippen LogP contribution < -0.4 is 0 Å². The number of carbonyl (C=O) groups excluding carboxylic acids is 1. The third-order valence-electron chi connectivity index (χ3n) is 2.05. The van der Waals surface area contributed by atoms with E-state index in [4.69, 9.17) is 14.3 Å². The highest BCUT2D eigenvalue weighted by atomic mass is 16.7. The van der Waals surface area contributed by atoms with Gasteiger partial charge in [-0.05, 0) is 27.4 Å². The second-order valence-electron chi connectivity index (χ2n) is 3.39. The Morgan fingerprint density at radius 3 is 1.50 bits per heavy atom. The predicted octanol–water partition coefficient (Wildman–Crippen LogP) is 3.36. The standard InChI is InChI=1S/C6H14O2.C5H10.C2H2O/c1-4-7-6(3)8-5-2;1-2-4-5-3-1;1-2-3/h6H,4-5H2,1-3H3;1-5H2;1H2. The summed E-state index contributed by atoms with van der Waals surface area (Å²) in [7, 11) is 0. The van der Waals surface area contributed by atoms with Crippen LogP contribution in [-0.2, 0) is 14.3 Å². The molecule has 16 heavy (non-hydrogen) atoms. The number of rotatable bonds is 4. The lowest BCUT2D eigenvalue weighted by atomic mass is 10.4. The van der Waals surface area contributed by atoms with Crippen LogP contribution >= 0.6 is 0 Å². The largest absolute Gasteiger partial charge is 0.353 e. The fourth-order valence-electron chi connectivity index (χ4n) is 1.40. The van der Waals surface area contributed by atoms with Crippen LogP contribution in [-0.4, -0.2) is 25.4 Å². The summed E-state index contributed by atoms with van der Waals surface area (Å²) < 4.78 is 10.1. The smallest absolute Gasteiger partial charge is 0.154 e. The van der Waals surface area contributed by atoms with E-state index in [1.54, 1.807) is 0 Å². The van der Waals surface area contributed by atoms with Crippen molar-refractivity contribution in [1.29, 1.82) is 0 Å². The Labute approximate surface area is 99.8 Å². The Kier molecular flexibility index (Phi) is 18.6. The van der Waals surface area contributed by atoms with Gasteiger partial charge in [0, 0.05) is 13.2 Å². The molecule has 0 amide bonds. The zero-order chi connectivity index (χ0) is 12.6. The molecule has 0 aromatic carbocycles. The monoisotopic (exact) mass is 230 g/mol. The van der Waals surface area contributed by atoms with Gasteiger partial charge in [-0.25, -0.2) is 4.79 Å². The van der Waals surface area contributed by atoms with E-state index in [0.717, 1.165) is 13.2 Å². The minimum atomic E-state index is -0.0370. The topological polar surface area (TPSA) is 35.5 Å². The predicted molar refractivity (Wildman–Crippen MR) is 67.1 cm³/mol. The summed E-state index contributed by atoms with van der Waals surface area (Å²) in [5.74, 6) is 1.25. The van der Waals surface area contributed by atoms with Crippen LogP contribution in [0.5, 0.6) is 0 Å². The molecule has 0 radical (unpaired) electrons. The van der Waals surface area contributed by atoms with E-state index in [1.165, 1.54) is 38.0 Å². The van der Waals surface area contributed by atoms with E-state index >= 15 is 0 Å². The molecule has 0 spiro atoms. The first-order valence-corrected chi connectivity index (χ1v) is 6.10. The zero-order valence-corrected chi connectivity index (χ0v) is 11.0. The van der Waals surface area contributed by atoms with Crippen molar-refractivity contribution in [2.75, 3.05) is 13.2 Å². The maximum absolute atomic E-state index is 8.57. The van der Waals surface area contributed by atoms with Gasteiger partial charge in [0.15, 0.2) is 6.29 Å². The van der Waals surface area contributed by atoms with E-state index in [9.17, 15) is 0 Å². The summed E-state index contributed by atoms with van der Waals surface area (Å²) in [4.78, 5) is 8.57. The van der Waals surface area contributed by atoms with Gasteiger partial charge in [0.2, 0.25) is 0 Å². The molecule has 0 atom stereocenters. The Hall–Kier alpha value is -0.630. The summed E-state index contributed by atoms with van der Waals surface area (Å²) in [5, 5.41) is 0. The second kappa shape index (κ2) is 16.8. The molecule has 1 rings (SSSR count). The third-order valence-corrected chi connectivity index (χ3v) is 2.05. The molecule has 1 saturated carbocycles. The molecule has 1 aliphatic rings. The Bertz CT molecular complexity index is 134. The third kappa shape index (κ3) is 19.0. The Balaban J connectivity index is 0. The first-order chi connectivity index (χ1) is 7.72. The first-order valence-electron chi connectivity index (χ1n) is 6.10. The number of hydrogen-bond donors (Lipinski definition) is 0. The van der Waals surface area contributed by atoms with Gasteiger partial charge >= 0.3 is 0 Å². The van der Waals surface area contributed by atoms with E-state index in [1.807, 2.05) is 20.8 Å². The van der Waals surface area contributed by atoms with Crippen LogP contribution in [0, 0.1) is 0 Å². The highest BCUT2D eigenvalue weighted by Gasteiger charge is 1.95. The van der Waals surface area contributed by atoms with Crippen molar-refractivity contribution < 1.29 is 14.3 Å². The summed E-state index contributed by atoms with van der Waals surface area (Å²) >= 11 is 0. The molecule has 1 fully saturated rings. The Morgan fingerprint density at radius 1 is 1.06 bits per heavy atom. The van der Waals surface area contributed by atoms with Crippen molar-refractivity contribution in [3.63, 3.8) is 0 Å². The molecule has 0 saturated heterocycles. The van der Waals surface area contributed by atoms with Gasteiger partial charge in [0.1, 0.15) is 5.94 Å². The number of ether oxygens (including phenoxy) is 2. The van der Waals surface area contributed by atoms with Gasteiger partial charge in [0.25, 0.3) is 0 Å². The van der Waals surface area contributed by atoms with Crippen LogP contribution in [0.15, 0.2) is 6.58 Å². The van der Waals surface area contributed by atoms with Gasteiger partial charge in [-0.2, -0.15) is 0 Å². The zero-order valence-electron chi connectivity index (χ0n) is 11.0. The Morgan fingerprint density at radius 2 is 1.31 bits per heavy atom.